The van der Waals surface area contributed by atoms with Gasteiger partial charge in [-0.2, -0.15) is 0 Å². The number of aromatic nitrogens is 4. The maximum Gasteiger partial charge on any atom is 0.206 e. The van der Waals surface area contributed by atoms with Crippen molar-refractivity contribution in [2.75, 3.05) is 0 Å². The van der Waals surface area contributed by atoms with Gasteiger partial charge in [-0.1, -0.05) is 67.1 Å². The van der Waals surface area contributed by atoms with E-state index in [0.29, 0.717) is 0 Å². The lowest BCUT2D eigenvalue weighted by atomic mass is 10.0. The van der Waals surface area contributed by atoms with Crippen LogP contribution in [0.4, 0.5) is 0 Å². The molecule has 0 radical (unpaired) electrons. The first-order valence-electron chi connectivity index (χ1n) is 9.38. The number of quaternary nitrogens is 1. The number of halogens is 1. The summed E-state index contributed by atoms with van der Waals surface area (Å²) in [5.41, 5.74) is 2.31. The number of hydrogen-bond donors (Lipinski definition) is 1. The molecule has 142 valence electrons. The van der Waals surface area contributed by atoms with Crippen molar-refractivity contribution in [1.82, 2.24) is 20.2 Å². The maximum absolute atomic E-state index is 6.42. The SMILES string of the molecule is CCC(C)(C)n1nnnc1C[NH+](Cc1ccccc1)Cc1ccccc1Cl. The van der Waals surface area contributed by atoms with Crippen LogP contribution in [0.3, 0.4) is 0 Å². The number of nitrogens with one attached hydrogen (secondary N) is 1. The van der Waals surface area contributed by atoms with Crippen LogP contribution in [-0.4, -0.2) is 20.2 Å². The van der Waals surface area contributed by atoms with E-state index in [2.05, 4.69) is 66.6 Å². The Morgan fingerprint density at radius 1 is 0.963 bits per heavy atom. The van der Waals surface area contributed by atoms with Gasteiger partial charge in [-0.05, 0) is 36.8 Å². The molecule has 1 heterocycles. The van der Waals surface area contributed by atoms with Crippen molar-refractivity contribution in [3.05, 3.63) is 76.6 Å². The molecule has 6 heteroatoms. The Labute approximate surface area is 166 Å². The molecular weight excluding hydrogens is 358 g/mol. The highest BCUT2D eigenvalue weighted by Gasteiger charge is 2.26. The summed E-state index contributed by atoms with van der Waals surface area (Å²) in [6.45, 7) is 8.91. The van der Waals surface area contributed by atoms with E-state index in [1.807, 2.05) is 28.9 Å². The zero-order chi connectivity index (χ0) is 19.3. The number of tetrazole rings is 1. The molecule has 0 spiro atoms. The topological polar surface area (TPSA) is 48.0 Å². The zero-order valence-electron chi connectivity index (χ0n) is 16.2. The summed E-state index contributed by atoms with van der Waals surface area (Å²) in [7, 11) is 0. The second-order valence-corrected chi connectivity index (χ2v) is 7.94. The molecule has 0 aliphatic heterocycles. The number of nitrogens with zero attached hydrogens (tertiary/aromatic N) is 4. The van der Waals surface area contributed by atoms with E-state index in [4.69, 9.17) is 11.6 Å². The first kappa shape index (κ1) is 19.5. The Balaban J connectivity index is 1.86. The molecule has 1 N–H and O–H groups in total. The highest BCUT2D eigenvalue weighted by molar-refractivity contribution is 6.31. The Kier molecular flexibility index (Phi) is 6.24. The third-order valence-corrected chi connectivity index (χ3v) is 5.44. The summed E-state index contributed by atoms with van der Waals surface area (Å²) in [6, 6.07) is 18.5. The van der Waals surface area contributed by atoms with E-state index in [1.54, 1.807) is 0 Å². The molecule has 27 heavy (non-hydrogen) atoms. The van der Waals surface area contributed by atoms with E-state index >= 15 is 0 Å². The first-order valence-corrected chi connectivity index (χ1v) is 9.76. The van der Waals surface area contributed by atoms with E-state index < -0.39 is 0 Å². The van der Waals surface area contributed by atoms with Gasteiger partial charge in [0.05, 0.1) is 5.54 Å². The molecule has 0 bridgehead atoms. The van der Waals surface area contributed by atoms with Gasteiger partial charge in [-0.15, -0.1) is 5.10 Å². The normalized spacial score (nSPS) is 12.9. The van der Waals surface area contributed by atoms with Crippen molar-refractivity contribution in [3.63, 3.8) is 0 Å². The minimum Gasteiger partial charge on any atom is -0.321 e. The fourth-order valence-corrected chi connectivity index (χ4v) is 3.35. The predicted octanol–water partition coefficient (Wildman–Crippen LogP) is 3.26. The van der Waals surface area contributed by atoms with Crippen LogP contribution >= 0.6 is 11.6 Å². The van der Waals surface area contributed by atoms with E-state index in [-0.39, 0.29) is 5.54 Å². The number of benzene rings is 2. The van der Waals surface area contributed by atoms with Gasteiger partial charge in [-0.25, -0.2) is 4.68 Å². The smallest absolute Gasteiger partial charge is 0.206 e. The fraction of sp³-hybridized carbons (Fsp3) is 0.381. The third kappa shape index (κ3) is 4.93. The quantitative estimate of drug-likeness (QED) is 0.648. The average molecular weight is 385 g/mol. The molecule has 2 aromatic carbocycles. The average Bonchev–Trinajstić information content (AvgIpc) is 3.13. The molecule has 3 rings (SSSR count). The second-order valence-electron chi connectivity index (χ2n) is 7.53. The van der Waals surface area contributed by atoms with Crippen molar-refractivity contribution in [2.45, 2.75) is 52.4 Å². The molecule has 0 amide bonds. The Bertz CT molecular complexity index is 860. The molecule has 0 saturated carbocycles. The number of rotatable bonds is 8. The summed E-state index contributed by atoms with van der Waals surface area (Å²) in [5, 5.41) is 13.3. The standard InChI is InChI=1S/C21H26ClN5/c1-4-21(2,3)27-20(23-24-25-27)16-26(14-17-10-6-5-7-11-17)15-18-12-8-9-13-19(18)22/h5-13H,4,14-16H2,1-3H3/p+1. The van der Waals surface area contributed by atoms with Gasteiger partial charge < -0.3 is 4.90 Å². The summed E-state index contributed by atoms with van der Waals surface area (Å²) in [5.74, 6) is 0.903. The monoisotopic (exact) mass is 384 g/mol. The minimum absolute atomic E-state index is 0.110. The van der Waals surface area contributed by atoms with Gasteiger partial charge >= 0.3 is 0 Å². The van der Waals surface area contributed by atoms with Crippen LogP contribution in [0, 0.1) is 0 Å². The van der Waals surface area contributed by atoms with Gasteiger partial charge in [0.15, 0.2) is 0 Å². The molecule has 0 aliphatic rings. The van der Waals surface area contributed by atoms with Crippen LogP contribution in [-0.2, 0) is 25.2 Å². The van der Waals surface area contributed by atoms with Crippen LogP contribution in [0.5, 0.6) is 0 Å². The lowest BCUT2D eigenvalue weighted by molar-refractivity contribution is -0.941. The molecule has 5 nitrogen and oxygen atoms in total. The van der Waals surface area contributed by atoms with Crippen molar-refractivity contribution in [1.29, 1.82) is 0 Å². The largest absolute Gasteiger partial charge is 0.321 e. The fourth-order valence-electron chi connectivity index (χ4n) is 3.14. The van der Waals surface area contributed by atoms with Crippen molar-refractivity contribution in [3.8, 4) is 0 Å². The Hall–Kier alpha value is -2.24. The molecule has 1 aromatic heterocycles. The minimum atomic E-state index is -0.110. The molecule has 0 saturated heterocycles. The van der Waals surface area contributed by atoms with Crippen LogP contribution in [0.2, 0.25) is 5.02 Å². The van der Waals surface area contributed by atoms with Crippen molar-refractivity contribution in [2.24, 2.45) is 0 Å². The maximum atomic E-state index is 6.42. The van der Waals surface area contributed by atoms with E-state index in [0.717, 1.165) is 42.5 Å². The third-order valence-electron chi connectivity index (χ3n) is 5.08. The highest BCUT2D eigenvalue weighted by atomic mass is 35.5. The van der Waals surface area contributed by atoms with Gasteiger partial charge in [0.25, 0.3) is 0 Å². The summed E-state index contributed by atoms with van der Waals surface area (Å²) < 4.78 is 1.96. The van der Waals surface area contributed by atoms with Crippen molar-refractivity contribution < 1.29 is 4.90 Å². The van der Waals surface area contributed by atoms with E-state index in [9.17, 15) is 0 Å². The van der Waals surface area contributed by atoms with Gasteiger partial charge in [0.2, 0.25) is 5.82 Å². The second kappa shape index (κ2) is 8.63. The molecule has 0 aliphatic carbocycles. The summed E-state index contributed by atoms with van der Waals surface area (Å²) in [4.78, 5) is 1.34. The lowest BCUT2D eigenvalue weighted by Crippen LogP contribution is -3.08. The van der Waals surface area contributed by atoms with Gasteiger partial charge in [0.1, 0.15) is 19.6 Å². The molecule has 3 aromatic rings. The Morgan fingerprint density at radius 2 is 1.67 bits per heavy atom. The summed E-state index contributed by atoms with van der Waals surface area (Å²) >= 11 is 6.42. The molecule has 0 fully saturated rings. The van der Waals surface area contributed by atoms with Crippen LogP contribution in [0.1, 0.15) is 44.1 Å². The summed E-state index contributed by atoms with van der Waals surface area (Å²) in [6.07, 6.45) is 0.962. The van der Waals surface area contributed by atoms with E-state index in [1.165, 1.54) is 10.5 Å². The molecule has 1 unspecified atom stereocenters. The Morgan fingerprint density at radius 3 is 2.37 bits per heavy atom. The van der Waals surface area contributed by atoms with Crippen LogP contribution in [0.15, 0.2) is 54.6 Å². The van der Waals surface area contributed by atoms with Gasteiger partial charge in [-0.3, -0.25) is 0 Å². The van der Waals surface area contributed by atoms with Crippen LogP contribution in [0.25, 0.3) is 0 Å². The highest BCUT2D eigenvalue weighted by Crippen LogP contribution is 2.19. The van der Waals surface area contributed by atoms with Gasteiger partial charge in [0, 0.05) is 16.1 Å². The zero-order valence-corrected chi connectivity index (χ0v) is 16.9. The lowest BCUT2D eigenvalue weighted by Gasteiger charge is -2.25. The first-order chi connectivity index (χ1) is 13.0. The predicted molar refractivity (Wildman–Crippen MR) is 107 cm³/mol. The van der Waals surface area contributed by atoms with Crippen molar-refractivity contribution >= 4 is 11.6 Å². The number of hydrogen-bond acceptors (Lipinski definition) is 3. The molecule has 1 atom stereocenters. The van der Waals surface area contributed by atoms with Crippen LogP contribution < -0.4 is 4.90 Å². The molecular formula is C21H27ClN5+.